The molecule has 0 bridgehead atoms. The van der Waals surface area contributed by atoms with Gasteiger partial charge in [0, 0.05) is 12.8 Å². The van der Waals surface area contributed by atoms with E-state index in [1.165, 1.54) is 22.3 Å². The average Bonchev–Trinajstić information content (AvgIpc) is 2.43. The van der Waals surface area contributed by atoms with E-state index < -0.39 is 0 Å². The normalized spacial score (nSPS) is 20.3. The van der Waals surface area contributed by atoms with Crippen LogP contribution in [0.25, 0.3) is 11.1 Å². The Morgan fingerprint density at radius 3 is 2.11 bits per heavy atom. The van der Waals surface area contributed by atoms with Crippen molar-refractivity contribution in [3.05, 3.63) is 59.7 Å². The Kier molecular flexibility index (Phi) is 2.86. The van der Waals surface area contributed by atoms with Crippen molar-refractivity contribution in [1.82, 2.24) is 5.32 Å². The molecule has 3 rings (SSSR count). The van der Waals surface area contributed by atoms with Gasteiger partial charge in [-0.05, 0) is 22.3 Å². The topological polar surface area (TPSA) is 29.1 Å². The zero-order valence-electron chi connectivity index (χ0n) is 11.2. The first kappa shape index (κ1) is 12.0. The summed E-state index contributed by atoms with van der Waals surface area (Å²) in [6.45, 7) is 3.76. The maximum absolute atomic E-state index is 11.5. The monoisotopic (exact) mass is 251 g/mol. The van der Waals surface area contributed by atoms with Gasteiger partial charge in [-0.25, -0.2) is 0 Å². The van der Waals surface area contributed by atoms with Crippen molar-refractivity contribution in [2.45, 2.75) is 25.8 Å². The summed E-state index contributed by atoms with van der Waals surface area (Å²) in [7, 11) is 0. The number of amides is 1. The van der Waals surface area contributed by atoms with Crippen molar-refractivity contribution in [2.24, 2.45) is 0 Å². The molecular weight excluding hydrogens is 234 g/mol. The highest BCUT2D eigenvalue weighted by Crippen LogP contribution is 2.45. The van der Waals surface area contributed by atoms with Crippen LogP contribution in [-0.4, -0.2) is 5.91 Å². The highest BCUT2D eigenvalue weighted by Gasteiger charge is 2.30. The molecule has 0 aromatic heterocycles. The molecule has 2 aromatic carbocycles. The Morgan fingerprint density at radius 1 is 0.947 bits per heavy atom. The van der Waals surface area contributed by atoms with Crippen LogP contribution in [0.15, 0.2) is 48.5 Å². The minimum atomic E-state index is 0.0195. The van der Waals surface area contributed by atoms with E-state index in [9.17, 15) is 4.79 Å². The van der Waals surface area contributed by atoms with E-state index >= 15 is 0 Å². The van der Waals surface area contributed by atoms with Gasteiger partial charge in [-0.2, -0.15) is 0 Å². The summed E-state index contributed by atoms with van der Waals surface area (Å²) in [6, 6.07) is 16.8. The molecular formula is C17H17NO. The van der Waals surface area contributed by atoms with Gasteiger partial charge in [-0.3, -0.25) is 4.79 Å². The van der Waals surface area contributed by atoms with Crippen molar-refractivity contribution in [2.75, 3.05) is 0 Å². The second kappa shape index (κ2) is 4.54. The van der Waals surface area contributed by atoms with Crippen LogP contribution in [0.3, 0.4) is 0 Å². The Balaban J connectivity index is 2.20. The Bertz CT molecular complexity index is 633. The molecule has 2 nitrogen and oxygen atoms in total. The predicted octanol–water partition coefficient (Wildman–Crippen LogP) is 3.65. The van der Waals surface area contributed by atoms with Gasteiger partial charge in [0.1, 0.15) is 0 Å². The lowest BCUT2D eigenvalue weighted by Crippen LogP contribution is -2.32. The molecule has 2 heteroatoms. The molecule has 0 saturated carbocycles. The zero-order valence-corrected chi connectivity index (χ0v) is 11.2. The third-order valence-electron chi connectivity index (χ3n) is 3.90. The van der Waals surface area contributed by atoms with Crippen LogP contribution in [0.2, 0.25) is 0 Å². The lowest BCUT2D eigenvalue weighted by molar-refractivity contribution is -0.119. The first-order chi connectivity index (χ1) is 9.18. The molecule has 0 unspecified atom stereocenters. The summed E-state index contributed by atoms with van der Waals surface area (Å²) in [4.78, 5) is 11.5. The maximum atomic E-state index is 11.5. The molecule has 0 heterocycles. The molecule has 1 N–H and O–H groups in total. The predicted molar refractivity (Wildman–Crippen MR) is 76.9 cm³/mol. The molecule has 0 fully saturated rings. The molecule has 1 amide bonds. The summed E-state index contributed by atoms with van der Waals surface area (Å²) < 4.78 is 0. The van der Waals surface area contributed by atoms with E-state index in [1.54, 1.807) is 6.92 Å². The van der Waals surface area contributed by atoms with E-state index in [1.807, 2.05) is 6.07 Å². The molecule has 2 aromatic rings. The molecule has 0 radical (unpaired) electrons. The molecule has 19 heavy (non-hydrogen) atoms. The van der Waals surface area contributed by atoms with Crippen molar-refractivity contribution in [3.8, 4) is 11.1 Å². The summed E-state index contributed by atoms with van der Waals surface area (Å²) in [5, 5.41) is 3.09. The van der Waals surface area contributed by atoms with Gasteiger partial charge in [0.05, 0.1) is 6.04 Å². The average molecular weight is 251 g/mol. The van der Waals surface area contributed by atoms with Crippen molar-refractivity contribution >= 4 is 5.91 Å². The SMILES string of the molecule is CC(=O)N[C@H]1c2ccccc2-c2ccccc2[C@H]1C. The summed E-state index contributed by atoms with van der Waals surface area (Å²) in [5.41, 5.74) is 5.03. The molecule has 1 aliphatic rings. The standard InChI is InChI=1S/C17H17NO/c1-11-13-7-3-4-8-14(13)15-9-5-6-10-16(15)17(11)18-12(2)19/h3-11,17H,1-2H3,(H,18,19)/t11-,17-/m1/s1. The molecule has 0 saturated heterocycles. The minimum absolute atomic E-state index is 0.0195. The number of fused-ring (bicyclic) bond motifs is 3. The molecule has 0 spiro atoms. The maximum Gasteiger partial charge on any atom is 0.217 e. The van der Waals surface area contributed by atoms with E-state index in [0.29, 0.717) is 0 Å². The van der Waals surface area contributed by atoms with Crippen LogP contribution in [-0.2, 0) is 4.79 Å². The van der Waals surface area contributed by atoms with Gasteiger partial charge in [0.2, 0.25) is 5.91 Å². The van der Waals surface area contributed by atoms with Gasteiger partial charge in [-0.1, -0.05) is 55.5 Å². The fourth-order valence-corrected chi connectivity index (χ4v) is 3.02. The molecule has 1 aliphatic carbocycles. The van der Waals surface area contributed by atoms with E-state index in [-0.39, 0.29) is 17.9 Å². The first-order valence-electron chi connectivity index (χ1n) is 6.64. The second-order valence-corrected chi connectivity index (χ2v) is 5.14. The fourth-order valence-electron chi connectivity index (χ4n) is 3.02. The van der Waals surface area contributed by atoms with E-state index in [4.69, 9.17) is 0 Å². The number of carbonyl (C=O) groups excluding carboxylic acids is 1. The number of benzene rings is 2. The molecule has 96 valence electrons. The smallest absolute Gasteiger partial charge is 0.217 e. The number of hydrogen-bond donors (Lipinski definition) is 1. The largest absolute Gasteiger partial charge is 0.349 e. The highest BCUT2D eigenvalue weighted by molar-refractivity contribution is 5.78. The lowest BCUT2D eigenvalue weighted by atomic mass is 9.76. The Morgan fingerprint density at radius 2 is 1.47 bits per heavy atom. The van der Waals surface area contributed by atoms with Crippen LogP contribution in [0, 0.1) is 0 Å². The number of hydrogen-bond acceptors (Lipinski definition) is 1. The highest BCUT2D eigenvalue weighted by atomic mass is 16.1. The van der Waals surface area contributed by atoms with Crippen molar-refractivity contribution < 1.29 is 4.79 Å². The molecule has 2 atom stereocenters. The third kappa shape index (κ3) is 1.93. The molecule has 0 aliphatic heterocycles. The van der Waals surface area contributed by atoms with Crippen molar-refractivity contribution in [1.29, 1.82) is 0 Å². The summed E-state index contributed by atoms with van der Waals surface area (Å²) in [6.07, 6.45) is 0. The first-order valence-corrected chi connectivity index (χ1v) is 6.64. The Hall–Kier alpha value is -2.09. The minimum Gasteiger partial charge on any atom is -0.349 e. The fraction of sp³-hybridized carbons (Fsp3) is 0.235. The zero-order chi connectivity index (χ0) is 13.4. The van der Waals surface area contributed by atoms with E-state index in [0.717, 1.165) is 0 Å². The Labute approximate surface area is 113 Å². The van der Waals surface area contributed by atoms with Crippen molar-refractivity contribution in [3.63, 3.8) is 0 Å². The van der Waals surface area contributed by atoms with E-state index in [2.05, 4.69) is 54.7 Å². The van der Waals surface area contributed by atoms with Crippen LogP contribution in [0.5, 0.6) is 0 Å². The van der Waals surface area contributed by atoms with Gasteiger partial charge < -0.3 is 5.32 Å². The number of rotatable bonds is 1. The van der Waals surface area contributed by atoms with Gasteiger partial charge in [-0.15, -0.1) is 0 Å². The van der Waals surface area contributed by atoms with Gasteiger partial charge >= 0.3 is 0 Å². The van der Waals surface area contributed by atoms with Crippen LogP contribution >= 0.6 is 0 Å². The van der Waals surface area contributed by atoms with Crippen LogP contribution < -0.4 is 5.32 Å². The number of nitrogens with one attached hydrogen (secondary N) is 1. The lowest BCUT2D eigenvalue weighted by Gasteiger charge is -2.33. The van der Waals surface area contributed by atoms with Gasteiger partial charge in [0.15, 0.2) is 0 Å². The van der Waals surface area contributed by atoms with Gasteiger partial charge in [0.25, 0.3) is 0 Å². The third-order valence-corrected chi connectivity index (χ3v) is 3.90. The van der Waals surface area contributed by atoms with Crippen LogP contribution in [0.4, 0.5) is 0 Å². The summed E-state index contributed by atoms with van der Waals surface area (Å²) >= 11 is 0. The summed E-state index contributed by atoms with van der Waals surface area (Å²) in [5.74, 6) is 0.307. The second-order valence-electron chi connectivity index (χ2n) is 5.14. The van der Waals surface area contributed by atoms with Crippen LogP contribution in [0.1, 0.15) is 36.9 Å². The number of carbonyl (C=O) groups is 1. The quantitative estimate of drug-likeness (QED) is 0.823.